The number of nitrogens with two attached hydrogens (primary N) is 1. The van der Waals surface area contributed by atoms with E-state index in [1.807, 2.05) is 0 Å². The van der Waals surface area contributed by atoms with Crippen LogP contribution in [0.4, 0.5) is 4.79 Å². The molecule has 1 aliphatic rings. The molecule has 5 heteroatoms. The molecular weight excluding hydrogens is 194 g/mol. The second-order valence-electron chi connectivity index (χ2n) is 3.89. The van der Waals surface area contributed by atoms with Crippen LogP contribution in [0.2, 0.25) is 0 Å². The first kappa shape index (κ1) is 12.0. The fourth-order valence-electron chi connectivity index (χ4n) is 1.99. The summed E-state index contributed by atoms with van der Waals surface area (Å²) in [6, 6.07) is -0.617. The molecule has 1 fully saturated rings. The van der Waals surface area contributed by atoms with Crippen LogP contribution in [-0.4, -0.2) is 23.5 Å². The Labute approximate surface area is 89.7 Å². The molecule has 5 nitrogen and oxygen atoms in total. The lowest BCUT2D eigenvalue weighted by molar-refractivity contribution is 0.249. The van der Waals surface area contributed by atoms with Gasteiger partial charge in [0.05, 0.1) is 0 Å². The molecule has 1 saturated carbocycles. The lowest BCUT2D eigenvalue weighted by atomic mass is 9.84. The molecule has 0 heterocycles. The Morgan fingerprint density at radius 3 is 3.07 bits per heavy atom. The second kappa shape index (κ2) is 6.40. The zero-order chi connectivity index (χ0) is 11.1. The van der Waals surface area contributed by atoms with Crippen molar-refractivity contribution in [2.24, 2.45) is 16.8 Å². The van der Waals surface area contributed by atoms with Gasteiger partial charge in [-0.05, 0) is 38.0 Å². The van der Waals surface area contributed by atoms with Gasteiger partial charge in [0.25, 0.3) is 0 Å². The van der Waals surface area contributed by atoms with Gasteiger partial charge in [-0.3, -0.25) is 0 Å². The Morgan fingerprint density at radius 1 is 1.60 bits per heavy atom. The number of hydrogen-bond acceptors (Lipinski definition) is 3. The van der Waals surface area contributed by atoms with E-state index in [-0.39, 0.29) is 6.61 Å². The number of nitrogens with one attached hydrogen (secondary N) is 1. The molecule has 1 unspecified atom stereocenters. The van der Waals surface area contributed by atoms with Crippen LogP contribution in [0.5, 0.6) is 0 Å². The number of hydrazone groups is 1. The quantitative estimate of drug-likeness (QED) is 0.608. The molecule has 4 N–H and O–H groups in total. The number of urea groups is 1. The van der Waals surface area contributed by atoms with Crippen LogP contribution in [0.1, 0.15) is 38.5 Å². The first-order valence-corrected chi connectivity index (χ1v) is 5.46. The number of amides is 2. The second-order valence-corrected chi connectivity index (χ2v) is 3.89. The summed E-state index contributed by atoms with van der Waals surface area (Å²) >= 11 is 0. The van der Waals surface area contributed by atoms with Crippen LogP contribution in [0.25, 0.3) is 0 Å². The molecule has 15 heavy (non-hydrogen) atoms. The Kier molecular flexibility index (Phi) is 5.10. The van der Waals surface area contributed by atoms with Crippen LogP contribution < -0.4 is 11.2 Å². The largest absolute Gasteiger partial charge is 0.396 e. The maximum atomic E-state index is 10.5. The van der Waals surface area contributed by atoms with Crippen molar-refractivity contribution in [2.75, 3.05) is 6.61 Å². The molecular formula is C10H19N3O2. The number of primary amides is 1. The van der Waals surface area contributed by atoms with Gasteiger partial charge in [0.2, 0.25) is 0 Å². The van der Waals surface area contributed by atoms with E-state index in [9.17, 15) is 4.79 Å². The molecule has 0 spiro atoms. The van der Waals surface area contributed by atoms with Crippen molar-refractivity contribution in [3.05, 3.63) is 0 Å². The highest BCUT2D eigenvalue weighted by molar-refractivity contribution is 5.88. The molecule has 0 aromatic rings. The van der Waals surface area contributed by atoms with Crippen LogP contribution in [-0.2, 0) is 0 Å². The van der Waals surface area contributed by atoms with Gasteiger partial charge in [-0.15, -0.1) is 0 Å². The fraction of sp³-hybridized carbons (Fsp3) is 0.800. The molecule has 0 bridgehead atoms. The third-order valence-corrected chi connectivity index (χ3v) is 2.73. The summed E-state index contributed by atoms with van der Waals surface area (Å²) in [4.78, 5) is 10.5. The highest BCUT2D eigenvalue weighted by atomic mass is 16.2. The van der Waals surface area contributed by atoms with Crippen LogP contribution in [0, 0.1) is 5.92 Å². The molecule has 1 rings (SSSR count). The summed E-state index contributed by atoms with van der Waals surface area (Å²) in [5, 5.41) is 12.8. The molecule has 0 aliphatic heterocycles. The monoisotopic (exact) mass is 213 g/mol. The standard InChI is InChI=1S/C10H19N3O2/c11-10(15)13-12-9-6-2-1-4-8(9)5-3-7-14/h8,14H,1-7H2,(H3,11,13,15). The molecule has 0 radical (unpaired) electrons. The normalized spacial score (nSPS) is 24.1. The van der Waals surface area contributed by atoms with E-state index in [0.29, 0.717) is 5.92 Å². The third kappa shape index (κ3) is 4.29. The first-order chi connectivity index (χ1) is 7.24. The Balaban J connectivity index is 2.48. The van der Waals surface area contributed by atoms with Gasteiger partial charge in [0.1, 0.15) is 0 Å². The van der Waals surface area contributed by atoms with Crippen molar-refractivity contribution < 1.29 is 9.90 Å². The van der Waals surface area contributed by atoms with Gasteiger partial charge in [0, 0.05) is 12.3 Å². The summed E-state index contributed by atoms with van der Waals surface area (Å²) in [6.45, 7) is 0.215. The van der Waals surface area contributed by atoms with Crippen molar-refractivity contribution in [3.63, 3.8) is 0 Å². The van der Waals surface area contributed by atoms with Crippen LogP contribution in [0.3, 0.4) is 0 Å². The Hall–Kier alpha value is -1.10. The smallest absolute Gasteiger partial charge is 0.332 e. The maximum Gasteiger partial charge on any atom is 0.332 e. The van der Waals surface area contributed by atoms with E-state index >= 15 is 0 Å². The summed E-state index contributed by atoms with van der Waals surface area (Å²) in [5.74, 6) is 0.401. The van der Waals surface area contributed by atoms with E-state index in [4.69, 9.17) is 10.8 Å². The predicted molar refractivity (Wildman–Crippen MR) is 58.4 cm³/mol. The highest BCUT2D eigenvalue weighted by Crippen LogP contribution is 2.25. The van der Waals surface area contributed by atoms with E-state index in [2.05, 4.69) is 10.5 Å². The minimum atomic E-state index is -0.617. The summed E-state index contributed by atoms with van der Waals surface area (Å²) in [5.41, 5.74) is 8.27. The van der Waals surface area contributed by atoms with E-state index < -0.39 is 6.03 Å². The van der Waals surface area contributed by atoms with Crippen LogP contribution >= 0.6 is 0 Å². The van der Waals surface area contributed by atoms with E-state index in [0.717, 1.165) is 37.8 Å². The van der Waals surface area contributed by atoms with Gasteiger partial charge in [-0.2, -0.15) is 5.10 Å². The van der Waals surface area contributed by atoms with Crippen molar-refractivity contribution >= 4 is 11.7 Å². The first-order valence-electron chi connectivity index (χ1n) is 5.46. The van der Waals surface area contributed by atoms with Crippen molar-refractivity contribution in [1.82, 2.24) is 5.43 Å². The minimum Gasteiger partial charge on any atom is -0.396 e. The van der Waals surface area contributed by atoms with Crippen molar-refractivity contribution in [1.29, 1.82) is 0 Å². The Bertz CT molecular complexity index is 241. The van der Waals surface area contributed by atoms with Gasteiger partial charge in [-0.25, -0.2) is 10.2 Å². The summed E-state index contributed by atoms with van der Waals surface area (Å²) in [7, 11) is 0. The molecule has 1 atom stereocenters. The molecule has 0 saturated heterocycles. The predicted octanol–water partition coefficient (Wildman–Crippen LogP) is 0.973. The molecule has 86 valence electrons. The lowest BCUT2D eigenvalue weighted by Gasteiger charge is -2.23. The summed E-state index contributed by atoms with van der Waals surface area (Å²) < 4.78 is 0. The van der Waals surface area contributed by atoms with Gasteiger partial charge in [0.15, 0.2) is 0 Å². The number of carbonyl (C=O) groups excluding carboxylic acids is 1. The molecule has 2 amide bonds. The zero-order valence-corrected chi connectivity index (χ0v) is 8.91. The molecule has 0 aromatic carbocycles. The lowest BCUT2D eigenvalue weighted by Crippen LogP contribution is -2.29. The van der Waals surface area contributed by atoms with E-state index in [1.54, 1.807) is 0 Å². The summed E-state index contributed by atoms with van der Waals surface area (Å²) in [6.07, 6.45) is 6.08. The highest BCUT2D eigenvalue weighted by Gasteiger charge is 2.20. The van der Waals surface area contributed by atoms with Crippen molar-refractivity contribution in [3.8, 4) is 0 Å². The number of rotatable bonds is 4. The SMILES string of the molecule is NC(=O)NN=C1CCCCC1CCCO. The fourth-order valence-corrected chi connectivity index (χ4v) is 1.99. The zero-order valence-electron chi connectivity index (χ0n) is 8.91. The number of carbonyl (C=O) groups is 1. The van der Waals surface area contributed by atoms with Crippen LogP contribution in [0.15, 0.2) is 5.10 Å². The number of nitrogens with zero attached hydrogens (tertiary/aromatic N) is 1. The van der Waals surface area contributed by atoms with Gasteiger partial charge >= 0.3 is 6.03 Å². The van der Waals surface area contributed by atoms with E-state index in [1.165, 1.54) is 6.42 Å². The number of hydrogen-bond donors (Lipinski definition) is 3. The number of aliphatic hydroxyl groups excluding tert-OH is 1. The van der Waals surface area contributed by atoms with Gasteiger partial charge < -0.3 is 10.8 Å². The van der Waals surface area contributed by atoms with Crippen molar-refractivity contribution in [2.45, 2.75) is 38.5 Å². The molecule has 1 aliphatic carbocycles. The average molecular weight is 213 g/mol. The average Bonchev–Trinajstić information content (AvgIpc) is 2.24. The third-order valence-electron chi connectivity index (χ3n) is 2.73. The Morgan fingerprint density at radius 2 is 2.40 bits per heavy atom. The topological polar surface area (TPSA) is 87.7 Å². The van der Waals surface area contributed by atoms with Gasteiger partial charge in [-0.1, -0.05) is 6.42 Å². The maximum absolute atomic E-state index is 10.5. The minimum absolute atomic E-state index is 0.215. The molecule has 0 aromatic heterocycles. The number of aliphatic hydroxyl groups is 1.